The summed E-state index contributed by atoms with van der Waals surface area (Å²) in [4.78, 5) is 32.4. The average molecular weight is 649 g/mol. The summed E-state index contributed by atoms with van der Waals surface area (Å²) >= 11 is 12.0. The Kier molecular flexibility index (Phi) is 16.5. The maximum Gasteiger partial charge on any atom is 0.328 e. The zero-order valence-electron chi connectivity index (χ0n) is 23.7. The van der Waals surface area contributed by atoms with E-state index in [0.717, 1.165) is 28.2 Å². The summed E-state index contributed by atoms with van der Waals surface area (Å²) in [7, 11) is 0. The molecule has 12 heteroatoms. The quantitative estimate of drug-likeness (QED) is 0.167. The monoisotopic (exact) mass is 647 g/mol. The highest BCUT2D eigenvalue weighted by Crippen LogP contribution is 2.27. The van der Waals surface area contributed by atoms with E-state index in [-0.39, 0.29) is 43.2 Å². The fraction of sp³-hybridized carbons (Fsp3) is 0.483. The Morgan fingerprint density at radius 1 is 1.07 bits per heavy atom. The molecule has 3 aromatic rings. The van der Waals surface area contributed by atoms with Crippen molar-refractivity contribution in [2.75, 3.05) is 36.4 Å². The molecule has 0 fully saturated rings. The molecule has 3 N–H and O–H groups in total. The van der Waals surface area contributed by atoms with Gasteiger partial charge in [-0.15, -0.1) is 48.0 Å². The van der Waals surface area contributed by atoms with E-state index in [2.05, 4.69) is 20.9 Å². The van der Waals surface area contributed by atoms with Gasteiger partial charge >= 0.3 is 5.97 Å². The zero-order valence-corrected chi connectivity index (χ0v) is 26.9. The smallest absolute Gasteiger partial charge is 0.328 e. The number of esters is 1. The number of imidazole rings is 1. The van der Waals surface area contributed by atoms with Crippen LogP contribution in [0.4, 0.5) is 5.69 Å². The van der Waals surface area contributed by atoms with Crippen LogP contribution in [0.3, 0.4) is 0 Å². The number of carbonyl (C=O) groups is 2. The van der Waals surface area contributed by atoms with Crippen LogP contribution < -0.4 is 16.0 Å². The van der Waals surface area contributed by atoms with Crippen molar-refractivity contribution in [3.8, 4) is 5.69 Å². The van der Waals surface area contributed by atoms with Gasteiger partial charge in [-0.2, -0.15) is 0 Å². The number of amides is 1. The van der Waals surface area contributed by atoms with Crippen molar-refractivity contribution in [2.24, 2.45) is 11.7 Å². The number of nitrogens with two attached hydrogens (primary N) is 1. The Labute approximate surface area is 265 Å². The number of benzene rings is 2. The molecule has 2 aromatic carbocycles. The number of nitrogens with zero attached hydrogens (tertiary/aromatic N) is 3. The molecule has 0 radical (unpaired) electrons. The van der Waals surface area contributed by atoms with E-state index in [9.17, 15) is 9.59 Å². The van der Waals surface area contributed by atoms with Gasteiger partial charge in [0.1, 0.15) is 11.9 Å². The Hall–Kier alpha value is -2.23. The molecule has 0 saturated heterocycles. The van der Waals surface area contributed by atoms with Crippen molar-refractivity contribution >= 4 is 76.6 Å². The molecule has 0 saturated carbocycles. The predicted octanol–water partition coefficient (Wildman–Crippen LogP) is 5.51. The van der Waals surface area contributed by atoms with Gasteiger partial charge < -0.3 is 20.7 Å². The van der Waals surface area contributed by atoms with Crippen molar-refractivity contribution in [1.29, 1.82) is 0 Å². The number of rotatable bonds is 15. The summed E-state index contributed by atoms with van der Waals surface area (Å²) in [6.07, 6.45) is 1.30. The maximum absolute atomic E-state index is 12.9. The van der Waals surface area contributed by atoms with Crippen LogP contribution in [-0.4, -0.2) is 65.0 Å². The molecule has 0 aliphatic carbocycles. The minimum atomic E-state index is -0.809. The number of halogens is 4. The number of aromatic nitrogens is 2. The van der Waals surface area contributed by atoms with Crippen molar-refractivity contribution < 1.29 is 14.3 Å². The van der Waals surface area contributed by atoms with Crippen molar-refractivity contribution in [3.63, 3.8) is 0 Å². The molecule has 8 nitrogen and oxygen atoms in total. The number of alkyl halides is 2. The lowest BCUT2D eigenvalue weighted by atomic mass is 10.0. The highest BCUT2D eigenvalue weighted by Gasteiger charge is 2.26. The van der Waals surface area contributed by atoms with Crippen molar-refractivity contribution in [3.05, 3.63) is 54.4 Å². The van der Waals surface area contributed by atoms with E-state index in [1.54, 1.807) is 6.92 Å². The van der Waals surface area contributed by atoms with Crippen LogP contribution in [0, 0.1) is 5.92 Å². The number of hydrogen-bond acceptors (Lipinski definition) is 6. The molecule has 1 aromatic heterocycles. The lowest BCUT2D eigenvalue weighted by molar-refractivity contribution is -0.148. The van der Waals surface area contributed by atoms with Gasteiger partial charge in [-0.25, -0.2) is 9.78 Å². The third kappa shape index (κ3) is 10.2. The van der Waals surface area contributed by atoms with Crippen LogP contribution in [0.5, 0.6) is 0 Å². The molecule has 228 valence electrons. The van der Waals surface area contributed by atoms with Gasteiger partial charge in [0.25, 0.3) is 0 Å². The van der Waals surface area contributed by atoms with Crippen LogP contribution in [0.2, 0.25) is 0 Å². The topological polar surface area (TPSA) is 102 Å². The number of fused-ring (bicyclic) bond motifs is 1. The Bertz CT molecular complexity index is 1220. The second-order valence-electron chi connectivity index (χ2n) is 9.82. The van der Waals surface area contributed by atoms with E-state index in [1.165, 1.54) is 0 Å². The van der Waals surface area contributed by atoms with Gasteiger partial charge in [0, 0.05) is 42.6 Å². The summed E-state index contributed by atoms with van der Waals surface area (Å²) in [5, 5.41) is 2.79. The molecular weight excluding hydrogens is 608 g/mol. The third-order valence-corrected chi connectivity index (χ3v) is 6.74. The molecule has 0 bridgehead atoms. The highest BCUT2D eigenvalue weighted by molar-refractivity contribution is 6.18. The minimum Gasteiger partial charge on any atom is -0.464 e. The Morgan fingerprint density at radius 3 is 2.32 bits per heavy atom. The van der Waals surface area contributed by atoms with Gasteiger partial charge in [0.15, 0.2) is 0 Å². The summed E-state index contributed by atoms with van der Waals surface area (Å²) in [6, 6.07) is 14.6. The first-order valence-corrected chi connectivity index (χ1v) is 14.5. The minimum absolute atomic E-state index is 0. The Balaban J connectivity index is 0.00000420. The van der Waals surface area contributed by atoms with Crippen molar-refractivity contribution in [2.45, 2.75) is 52.1 Å². The van der Waals surface area contributed by atoms with Crippen LogP contribution in [-0.2, 0) is 20.7 Å². The Morgan fingerprint density at radius 2 is 1.73 bits per heavy atom. The van der Waals surface area contributed by atoms with Gasteiger partial charge in [0.2, 0.25) is 5.91 Å². The predicted molar refractivity (Wildman–Crippen MR) is 174 cm³/mol. The highest BCUT2D eigenvalue weighted by atomic mass is 35.5. The molecule has 0 spiro atoms. The van der Waals surface area contributed by atoms with Crippen LogP contribution in [0.1, 0.15) is 39.4 Å². The maximum atomic E-state index is 12.9. The first-order valence-electron chi connectivity index (χ1n) is 13.4. The first-order chi connectivity index (χ1) is 18.8. The number of para-hydroxylation sites is 1. The number of carbonyl (C=O) groups excluding carboxylic acids is 2. The normalized spacial score (nSPS) is 12.3. The van der Waals surface area contributed by atoms with Crippen molar-refractivity contribution in [1.82, 2.24) is 14.9 Å². The summed E-state index contributed by atoms with van der Waals surface area (Å²) in [5.74, 6) is 1.17. The van der Waals surface area contributed by atoms with Gasteiger partial charge in [-0.3, -0.25) is 9.36 Å². The molecule has 1 amide bonds. The molecule has 3 rings (SSSR count). The SMILES string of the molecule is CCOC(=O)C(CC(C)C)NC(=O)C(N)CCc1nc2cc(N(CCCl)CCCl)ccc2n1-c1ccccc1.Cl.Cl. The zero-order chi connectivity index (χ0) is 28.4. The second kappa shape index (κ2) is 18.3. The number of aryl methyl sites for hydroxylation is 1. The summed E-state index contributed by atoms with van der Waals surface area (Å²) in [5.41, 5.74) is 10.1. The standard InChI is InChI=1S/C29H39Cl2N5O3.2ClH/c1-4-39-29(38)25(18-20(2)3)34-28(37)23(32)11-13-27-33-24-19-22(35(16-14-30)17-15-31)10-12-26(24)36(27)21-8-6-5-7-9-21;;/h5-10,12,19-20,23,25H,4,11,13-18,32H2,1-3H3,(H,34,37);2*1H. The van der Waals surface area contributed by atoms with E-state index < -0.39 is 18.1 Å². The number of anilines is 1. The van der Waals surface area contributed by atoms with E-state index >= 15 is 0 Å². The molecule has 0 aliphatic rings. The lowest BCUT2D eigenvalue weighted by Crippen LogP contribution is -2.49. The van der Waals surface area contributed by atoms with Gasteiger partial charge in [0.05, 0.1) is 23.7 Å². The average Bonchev–Trinajstić information content (AvgIpc) is 3.29. The lowest BCUT2D eigenvalue weighted by Gasteiger charge is -2.22. The molecule has 0 aliphatic heterocycles. The largest absolute Gasteiger partial charge is 0.464 e. The number of hydrogen-bond donors (Lipinski definition) is 2. The van der Waals surface area contributed by atoms with E-state index in [0.29, 0.717) is 44.1 Å². The van der Waals surface area contributed by atoms with Crippen LogP contribution >= 0.6 is 48.0 Å². The first kappa shape index (κ1) is 36.8. The number of nitrogens with one attached hydrogen (secondary N) is 1. The fourth-order valence-electron chi connectivity index (χ4n) is 4.54. The molecular formula is C29H41Cl4N5O3. The van der Waals surface area contributed by atoms with E-state index in [4.69, 9.17) is 38.7 Å². The third-order valence-electron chi connectivity index (χ3n) is 6.41. The summed E-state index contributed by atoms with van der Waals surface area (Å²) in [6.45, 7) is 7.33. The molecule has 1 heterocycles. The second-order valence-corrected chi connectivity index (χ2v) is 10.6. The van der Waals surface area contributed by atoms with Gasteiger partial charge in [-0.05, 0) is 56.0 Å². The molecule has 41 heavy (non-hydrogen) atoms. The molecule has 2 unspecified atom stereocenters. The van der Waals surface area contributed by atoms with Crippen LogP contribution in [0.25, 0.3) is 16.7 Å². The van der Waals surface area contributed by atoms with Crippen LogP contribution in [0.15, 0.2) is 48.5 Å². The molecule has 2 atom stereocenters. The fourth-order valence-corrected chi connectivity index (χ4v) is 4.95. The number of ether oxygens (including phenoxy) is 1. The van der Waals surface area contributed by atoms with Gasteiger partial charge in [-0.1, -0.05) is 32.0 Å². The summed E-state index contributed by atoms with van der Waals surface area (Å²) < 4.78 is 7.24. The van der Waals surface area contributed by atoms with E-state index in [1.807, 2.05) is 56.3 Å².